The molecule has 1 unspecified atom stereocenters. The summed E-state index contributed by atoms with van der Waals surface area (Å²) in [5.41, 5.74) is 2.30. The van der Waals surface area contributed by atoms with Gasteiger partial charge in [-0.05, 0) is 49.6 Å². The Morgan fingerprint density at radius 1 is 1.19 bits per heavy atom. The van der Waals surface area contributed by atoms with E-state index < -0.39 is 0 Å². The predicted octanol–water partition coefficient (Wildman–Crippen LogP) is 4.45. The van der Waals surface area contributed by atoms with Crippen LogP contribution >= 0.6 is 15.9 Å². The maximum Gasteiger partial charge on any atom is 0.127 e. The van der Waals surface area contributed by atoms with Crippen molar-refractivity contribution in [3.63, 3.8) is 0 Å². The quantitative estimate of drug-likeness (QED) is 0.842. The van der Waals surface area contributed by atoms with E-state index in [4.69, 9.17) is 0 Å². The van der Waals surface area contributed by atoms with E-state index in [0.29, 0.717) is 6.42 Å². The average Bonchev–Trinajstić information content (AvgIpc) is 3.29. The average molecular weight is 348 g/mol. The van der Waals surface area contributed by atoms with Crippen molar-refractivity contribution >= 4 is 15.9 Å². The van der Waals surface area contributed by atoms with Gasteiger partial charge in [-0.25, -0.2) is 4.39 Å². The molecule has 1 atom stereocenters. The fraction of sp³-hybridized carbons (Fsp3) is 0.333. The third-order valence-electron chi connectivity index (χ3n) is 4.59. The minimum absolute atomic E-state index is 0.131. The van der Waals surface area contributed by atoms with Gasteiger partial charge in [0, 0.05) is 15.9 Å². The van der Waals surface area contributed by atoms with E-state index >= 15 is 0 Å². The van der Waals surface area contributed by atoms with Gasteiger partial charge < -0.3 is 5.32 Å². The van der Waals surface area contributed by atoms with Gasteiger partial charge in [0.15, 0.2) is 0 Å². The fourth-order valence-corrected chi connectivity index (χ4v) is 3.56. The van der Waals surface area contributed by atoms with Crippen molar-refractivity contribution in [3.8, 4) is 0 Å². The second-order valence-electron chi connectivity index (χ2n) is 5.80. The molecular formula is C18H19BrFN. The van der Waals surface area contributed by atoms with E-state index in [1.807, 2.05) is 25.2 Å². The first kappa shape index (κ1) is 14.7. The lowest BCUT2D eigenvalue weighted by atomic mass is 9.84. The number of likely N-dealkylation sites (N-methyl/N-ethyl adjacent to an activating group) is 1. The number of benzene rings is 2. The molecule has 0 heterocycles. The van der Waals surface area contributed by atoms with E-state index in [1.165, 1.54) is 18.4 Å². The number of rotatable bonds is 5. The lowest BCUT2D eigenvalue weighted by Crippen LogP contribution is -2.39. The van der Waals surface area contributed by atoms with Crippen LogP contribution in [0.4, 0.5) is 4.39 Å². The molecule has 0 bridgehead atoms. The van der Waals surface area contributed by atoms with Crippen LogP contribution in [0.2, 0.25) is 0 Å². The molecule has 0 saturated heterocycles. The Morgan fingerprint density at radius 3 is 2.48 bits per heavy atom. The summed E-state index contributed by atoms with van der Waals surface area (Å²) >= 11 is 3.31. The molecule has 1 N–H and O–H groups in total. The Hall–Kier alpha value is -1.19. The minimum Gasteiger partial charge on any atom is -0.316 e. The van der Waals surface area contributed by atoms with Crippen molar-refractivity contribution in [2.75, 3.05) is 7.05 Å². The highest BCUT2D eigenvalue weighted by Crippen LogP contribution is 2.51. The van der Waals surface area contributed by atoms with Crippen molar-refractivity contribution in [2.24, 2.45) is 0 Å². The Balaban J connectivity index is 1.86. The normalized spacial score (nSPS) is 17.5. The molecule has 1 aliphatic rings. The Morgan fingerprint density at radius 2 is 1.90 bits per heavy atom. The molecule has 0 aliphatic heterocycles. The molecular weight excluding hydrogens is 329 g/mol. The van der Waals surface area contributed by atoms with Gasteiger partial charge in [0.2, 0.25) is 0 Å². The van der Waals surface area contributed by atoms with Gasteiger partial charge in [-0.1, -0.05) is 52.3 Å². The molecule has 0 amide bonds. The van der Waals surface area contributed by atoms with Crippen LogP contribution in [0.15, 0.2) is 53.0 Å². The Kier molecular flexibility index (Phi) is 4.14. The van der Waals surface area contributed by atoms with Crippen LogP contribution < -0.4 is 5.32 Å². The van der Waals surface area contributed by atoms with Crippen LogP contribution in [0, 0.1) is 5.82 Å². The van der Waals surface area contributed by atoms with Crippen molar-refractivity contribution < 1.29 is 4.39 Å². The number of halogens is 2. The summed E-state index contributed by atoms with van der Waals surface area (Å²) in [7, 11) is 1.98. The van der Waals surface area contributed by atoms with Crippen molar-refractivity contribution in [1.82, 2.24) is 5.32 Å². The highest BCUT2D eigenvalue weighted by Gasteiger charge is 2.49. The molecule has 1 aliphatic carbocycles. The third kappa shape index (κ3) is 2.90. The van der Waals surface area contributed by atoms with Crippen LogP contribution in [-0.2, 0) is 11.8 Å². The number of hydrogen-bond donors (Lipinski definition) is 1. The molecule has 3 heteroatoms. The van der Waals surface area contributed by atoms with Gasteiger partial charge in [-0.15, -0.1) is 0 Å². The first-order valence-electron chi connectivity index (χ1n) is 7.32. The maximum absolute atomic E-state index is 14.1. The summed E-state index contributed by atoms with van der Waals surface area (Å²) < 4.78 is 14.9. The summed E-state index contributed by atoms with van der Waals surface area (Å²) in [6.07, 6.45) is 3.05. The molecule has 0 spiro atoms. The van der Waals surface area contributed by atoms with Gasteiger partial charge >= 0.3 is 0 Å². The molecule has 21 heavy (non-hydrogen) atoms. The first-order valence-corrected chi connectivity index (χ1v) is 8.12. The van der Waals surface area contributed by atoms with Crippen LogP contribution in [0.3, 0.4) is 0 Å². The maximum atomic E-state index is 14.1. The molecule has 1 saturated carbocycles. The molecule has 0 aromatic heterocycles. The highest BCUT2D eigenvalue weighted by atomic mass is 79.9. The smallest absolute Gasteiger partial charge is 0.127 e. The standard InChI is InChI=1S/C18H19BrFN/c1-21-17(11-13-7-8-15(19)12-16(13)20)18(9-10-18)14-5-3-2-4-6-14/h2-8,12,17,21H,9-11H2,1H3. The Labute approximate surface area is 133 Å². The molecule has 0 radical (unpaired) electrons. The van der Waals surface area contributed by atoms with Gasteiger partial charge in [-0.3, -0.25) is 0 Å². The Bertz CT molecular complexity index is 622. The summed E-state index contributed by atoms with van der Waals surface area (Å²) in [5.74, 6) is -0.131. The van der Waals surface area contributed by atoms with Gasteiger partial charge in [0.1, 0.15) is 5.82 Å². The van der Waals surface area contributed by atoms with E-state index in [9.17, 15) is 4.39 Å². The lowest BCUT2D eigenvalue weighted by molar-refractivity contribution is 0.435. The topological polar surface area (TPSA) is 12.0 Å². The fourth-order valence-electron chi connectivity index (χ4n) is 3.22. The van der Waals surface area contributed by atoms with Gasteiger partial charge in [0.25, 0.3) is 0 Å². The van der Waals surface area contributed by atoms with Crippen LogP contribution in [0.25, 0.3) is 0 Å². The summed E-state index contributed by atoms with van der Waals surface area (Å²) in [6.45, 7) is 0. The lowest BCUT2D eigenvalue weighted by Gasteiger charge is -2.27. The molecule has 1 nitrogen and oxygen atoms in total. The van der Waals surface area contributed by atoms with Crippen LogP contribution in [0.1, 0.15) is 24.0 Å². The molecule has 2 aromatic carbocycles. The molecule has 110 valence electrons. The molecule has 2 aromatic rings. The molecule has 1 fully saturated rings. The zero-order chi connectivity index (χ0) is 14.9. The van der Waals surface area contributed by atoms with Crippen LogP contribution in [0.5, 0.6) is 0 Å². The van der Waals surface area contributed by atoms with E-state index in [1.54, 1.807) is 6.07 Å². The van der Waals surface area contributed by atoms with E-state index in [-0.39, 0.29) is 17.3 Å². The predicted molar refractivity (Wildman–Crippen MR) is 88.0 cm³/mol. The largest absolute Gasteiger partial charge is 0.316 e. The van der Waals surface area contributed by atoms with E-state index in [0.717, 1.165) is 10.0 Å². The number of hydrogen-bond acceptors (Lipinski definition) is 1. The van der Waals surface area contributed by atoms with Crippen molar-refractivity contribution in [1.29, 1.82) is 0 Å². The van der Waals surface area contributed by atoms with E-state index in [2.05, 4.69) is 45.5 Å². The second-order valence-corrected chi connectivity index (χ2v) is 6.72. The summed E-state index contributed by atoms with van der Waals surface area (Å²) in [5, 5.41) is 3.42. The SMILES string of the molecule is CNC(Cc1ccc(Br)cc1F)C1(c2ccccc2)CC1. The number of nitrogens with one attached hydrogen (secondary N) is 1. The summed E-state index contributed by atoms with van der Waals surface area (Å²) in [6, 6.07) is 16.2. The van der Waals surface area contributed by atoms with Gasteiger partial charge in [0.05, 0.1) is 0 Å². The monoisotopic (exact) mass is 347 g/mol. The van der Waals surface area contributed by atoms with Crippen molar-refractivity contribution in [3.05, 3.63) is 69.9 Å². The minimum atomic E-state index is -0.131. The zero-order valence-electron chi connectivity index (χ0n) is 12.1. The van der Waals surface area contributed by atoms with Crippen LogP contribution in [-0.4, -0.2) is 13.1 Å². The van der Waals surface area contributed by atoms with Crippen molar-refractivity contribution in [2.45, 2.75) is 30.7 Å². The third-order valence-corrected chi connectivity index (χ3v) is 5.09. The first-order chi connectivity index (χ1) is 10.2. The highest BCUT2D eigenvalue weighted by molar-refractivity contribution is 9.10. The summed E-state index contributed by atoms with van der Waals surface area (Å²) in [4.78, 5) is 0. The second kappa shape index (κ2) is 5.90. The van der Waals surface area contributed by atoms with Gasteiger partial charge in [-0.2, -0.15) is 0 Å². The zero-order valence-corrected chi connectivity index (χ0v) is 13.7. The molecule has 3 rings (SSSR count).